The van der Waals surface area contributed by atoms with E-state index in [9.17, 15) is 9.59 Å². The number of carbonyl (C=O) groups excluding carboxylic acids is 1. The second kappa shape index (κ2) is 7.79. The molecule has 3 aromatic rings. The number of rotatable bonds is 4. The number of hydrogen-bond acceptors (Lipinski definition) is 6. The lowest BCUT2D eigenvalue weighted by Gasteiger charge is -2.26. The lowest BCUT2D eigenvalue weighted by atomic mass is 10.2. The zero-order valence-corrected chi connectivity index (χ0v) is 16.9. The lowest BCUT2D eigenvalue weighted by molar-refractivity contribution is -0.132. The number of benzene rings is 1. The molecule has 2 aromatic heterocycles. The zero-order chi connectivity index (χ0) is 19.8. The van der Waals surface area contributed by atoms with Gasteiger partial charge in [-0.05, 0) is 25.0 Å². The van der Waals surface area contributed by atoms with E-state index in [1.807, 2.05) is 38.1 Å². The van der Waals surface area contributed by atoms with Crippen molar-refractivity contribution in [3.05, 3.63) is 34.6 Å². The third-order valence-corrected chi connectivity index (χ3v) is 6.72. The Morgan fingerprint density at radius 2 is 1.90 bits per heavy atom. The van der Waals surface area contributed by atoms with E-state index in [2.05, 4.69) is 10.2 Å². The van der Waals surface area contributed by atoms with Crippen LogP contribution in [0.2, 0.25) is 0 Å². The van der Waals surface area contributed by atoms with Gasteiger partial charge in [0.25, 0.3) is 5.56 Å². The summed E-state index contributed by atoms with van der Waals surface area (Å²) < 4.78 is 9.07. The molecule has 0 spiro atoms. The quantitative estimate of drug-likeness (QED) is 0.610. The third-order valence-electron chi connectivity index (χ3n) is 5.80. The molecule has 1 amide bonds. The highest BCUT2D eigenvalue weighted by atomic mass is 32.2. The van der Waals surface area contributed by atoms with Gasteiger partial charge in [-0.25, -0.2) is 0 Å². The van der Waals surface area contributed by atoms with Crippen LogP contribution in [-0.2, 0) is 9.53 Å². The highest BCUT2D eigenvalue weighted by Crippen LogP contribution is 2.31. The molecule has 9 heteroatoms. The van der Waals surface area contributed by atoms with Gasteiger partial charge in [0.1, 0.15) is 0 Å². The summed E-state index contributed by atoms with van der Waals surface area (Å²) in [5.41, 5.74) is 0.779. The van der Waals surface area contributed by atoms with Gasteiger partial charge in [-0.2, -0.15) is 0 Å². The Kier molecular flexibility index (Phi) is 5.01. The number of amides is 1. The van der Waals surface area contributed by atoms with Crippen molar-refractivity contribution in [1.29, 1.82) is 0 Å². The van der Waals surface area contributed by atoms with E-state index in [0.717, 1.165) is 31.2 Å². The molecule has 29 heavy (non-hydrogen) atoms. The van der Waals surface area contributed by atoms with Crippen molar-refractivity contribution >= 4 is 34.3 Å². The Hall–Kier alpha value is -2.39. The largest absolute Gasteiger partial charge is 0.378 e. The SMILES string of the molecule is O=C(CSc1nnc2n(C3CCCC3)c(=O)c3ccccc3n12)N1CCOCC1. The maximum Gasteiger partial charge on any atom is 0.263 e. The van der Waals surface area contributed by atoms with Crippen molar-refractivity contribution in [3.63, 3.8) is 0 Å². The summed E-state index contributed by atoms with van der Waals surface area (Å²) in [6, 6.07) is 7.73. The van der Waals surface area contributed by atoms with Crippen molar-refractivity contribution in [2.45, 2.75) is 36.9 Å². The molecule has 0 atom stereocenters. The summed E-state index contributed by atoms with van der Waals surface area (Å²) in [5, 5.41) is 10.0. The monoisotopic (exact) mass is 413 g/mol. The number of ether oxygens (including phenoxy) is 1. The van der Waals surface area contributed by atoms with Crippen molar-refractivity contribution in [3.8, 4) is 0 Å². The first kappa shape index (κ1) is 18.6. The highest BCUT2D eigenvalue weighted by Gasteiger charge is 2.25. The predicted octanol–water partition coefficient (Wildman–Crippen LogP) is 2.11. The number of para-hydroxylation sites is 1. The Bertz CT molecular complexity index is 1110. The minimum atomic E-state index is -0.00616. The fraction of sp³-hybridized carbons (Fsp3) is 0.500. The summed E-state index contributed by atoms with van der Waals surface area (Å²) >= 11 is 1.37. The predicted molar refractivity (Wildman–Crippen MR) is 110 cm³/mol. The third kappa shape index (κ3) is 3.32. The summed E-state index contributed by atoms with van der Waals surface area (Å²) in [5.74, 6) is 0.933. The van der Waals surface area contributed by atoms with Crippen LogP contribution in [-0.4, -0.2) is 62.0 Å². The summed E-state index contributed by atoms with van der Waals surface area (Å²) in [7, 11) is 0. The Balaban J connectivity index is 1.55. The molecule has 1 saturated heterocycles. The Morgan fingerprint density at radius 1 is 1.14 bits per heavy atom. The average Bonchev–Trinajstić information content (AvgIpc) is 3.43. The van der Waals surface area contributed by atoms with Gasteiger partial charge in [-0.15, -0.1) is 10.2 Å². The molecular formula is C20H23N5O3S. The van der Waals surface area contributed by atoms with E-state index >= 15 is 0 Å². The number of carbonyl (C=O) groups is 1. The van der Waals surface area contributed by atoms with Gasteiger partial charge in [-0.3, -0.25) is 18.6 Å². The van der Waals surface area contributed by atoms with Crippen molar-refractivity contribution < 1.29 is 9.53 Å². The average molecular weight is 414 g/mol. The molecule has 1 aromatic carbocycles. The van der Waals surface area contributed by atoms with Crippen LogP contribution in [0.4, 0.5) is 0 Å². The summed E-state index contributed by atoms with van der Waals surface area (Å²) in [6.45, 7) is 2.43. The van der Waals surface area contributed by atoms with Gasteiger partial charge in [0.2, 0.25) is 11.7 Å². The standard InChI is InChI=1S/C20H23N5O3S/c26-17(23-9-11-28-12-10-23)13-29-20-22-21-19-24(14-5-1-2-6-14)18(27)15-7-3-4-8-16(15)25(19)20/h3-4,7-8,14H,1-2,5-6,9-13H2. The maximum atomic E-state index is 13.2. The van der Waals surface area contributed by atoms with E-state index in [1.54, 1.807) is 0 Å². The molecule has 2 fully saturated rings. The number of thioether (sulfide) groups is 1. The van der Waals surface area contributed by atoms with Crippen LogP contribution < -0.4 is 5.56 Å². The van der Waals surface area contributed by atoms with E-state index < -0.39 is 0 Å². The molecule has 0 radical (unpaired) electrons. The second-order valence-corrected chi connectivity index (χ2v) is 8.47. The number of fused-ring (bicyclic) bond motifs is 3. The Morgan fingerprint density at radius 3 is 2.69 bits per heavy atom. The molecule has 3 heterocycles. The molecule has 1 aliphatic heterocycles. The molecule has 0 bridgehead atoms. The Labute approximate surface area is 171 Å². The van der Waals surface area contributed by atoms with Crippen LogP contribution in [0.5, 0.6) is 0 Å². The second-order valence-electron chi connectivity index (χ2n) is 7.53. The zero-order valence-electron chi connectivity index (χ0n) is 16.1. The van der Waals surface area contributed by atoms with Gasteiger partial charge >= 0.3 is 0 Å². The van der Waals surface area contributed by atoms with E-state index in [-0.39, 0.29) is 23.3 Å². The number of hydrogen-bond donors (Lipinski definition) is 0. The van der Waals surface area contributed by atoms with Gasteiger partial charge in [0.05, 0.1) is 29.9 Å². The van der Waals surface area contributed by atoms with Crippen LogP contribution >= 0.6 is 11.8 Å². The summed E-state index contributed by atoms with van der Waals surface area (Å²) in [6.07, 6.45) is 4.22. The molecule has 1 saturated carbocycles. The number of nitrogens with zero attached hydrogens (tertiary/aromatic N) is 5. The van der Waals surface area contributed by atoms with E-state index in [4.69, 9.17) is 4.74 Å². The number of aromatic nitrogens is 4. The molecule has 5 rings (SSSR count). The molecule has 0 N–H and O–H groups in total. The lowest BCUT2D eigenvalue weighted by Crippen LogP contribution is -2.41. The van der Waals surface area contributed by atoms with E-state index in [1.165, 1.54) is 11.8 Å². The number of morpholine rings is 1. The molecule has 1 aliphatic carbocycles. The smallest absolute Gasteiger partial charge is 0.263 e. The minimum absolute atomic E-state index is 0.00616. The van der Waals surface area contributed by atoms with Crippen molar-refractivity contribution in [2.75, 3.05) is 32.1 Å². The van der Waals surface area contributed by atoms with Gasteiger partial charge in [0.15, 0.2) is 5.16 Å². The first-order valence-electron chi connectivity index (χ1n) is 10.1. The maximum absolute atomic E-state index is 13.2. The first-order chi connectivity index (χ1) is 14.2. The first-order valence-corrected chi connectivity index (χ1v) is 11.1. The van der Waals surface area contributed by atoms with Gasteiger partial charge < -0.3 is 9.64 Å². The van der Waals surface area contributed by atoms with Crippen LogP contribution in [0.3, 0.4) is 0 Å². The van der Waals surface area contributed by atoms with Crippen molar-refractivity contribution in [2.24, 2.45) is 0 Å². The van der Waals surface area contributed by atoms with Gasteiger partial charge in [-0.1, -0.05) is 36.7 Å². The van der Waals surface area contributed by atoms with E-state index in [0.29, 0.717) is 42.6 Å². The topological polar surface area (TPSA) is 81.7 Å². The normalized spacial score (nSPS) is 18.1. The van der Waals surface area contributed by atoms with Crippen LogP contribution in [0.15, 0.2) is 34.2 Å². The fourth-order valence-electron chi connectivity index (χ4n) is 4.31. The molecule has 0 unspecified atom stereocenters. The van der Waals surface area contributed by atoms with Crippen molar-refractivity contribution in [1.82, 2.24) is 24.1 Å². The van der Waals surface area contributed by atoms with Crippen LogP contribution in [0, 0.1) is 0 Å². The molecule has 2 aliphatic rings. The molecule has 8 nitrogen and oxygen atoms in total. The molecule has 152 valence electrons. The fourth-order valence-corrected chi connectivity index (χ4v) is 5.16. The summed E-state index contributed by atoms with van der Waals surface area (Å²) in [4.78, 5) is 27.6. The minimum Gasteiger partial charge on any atom is -0.378 e. The van der Waals surface area contributed by atoms with Gasteiger partial charge in [0, 0.05) is 19.1 Å². The van der Waals surface area contributed by atoms with Crippen LogP contribution in [0.25, 0.3) is 16.7 Å². The van der Waals surface area contributed by atoms with Crippen LogP contribution in [0.1, 0.15) is 31.7 Å². The molecular weight excluding hydrogens is 390 g/mol. The highest BCUT2D eigenvalue weighted by molar-refractivity contribution is 7.99.